The van der Waals surface area contributed by atoms with Gasteiger partial charge in [-0.1, -0.05) is 115 Å². The minimum atomic E-state index is -0.210. The third-order valence-electron chi connectivity index (χ3n) is 21.3. The summed E-state index contributed by atoms with van der Waals surface area (Å²) in [4.78, 5) is 32.0. The van der Waals surface area contributed by atoms with E-state index >= 15 is 0 Å². The van der Waals surface area contributed by atoms with Gasteiger partial charge in [0.25, 0.3) is 0 Å². The maximum Gasteiger partial charge on any atom is 0.131 e. The van der Waals surface area contributed by atoms with E-state index < -0.39 is 0 Å². The maximum absolute atomic E-state index is 14.6. The Morgan fingerprint density at radius 2 is 0.561 bits per heavy atom. The first kappa shape index (κ1) is 117. The molecule has 0 N–H and O–H groups in total. The quantitative estimate of drug-likeness (QED) is 0.0340. The smallest absolute Gasteiger partial charge is 0.131 e. The number of benzene rings is 12. The van der Waals surface area contributed by atoms with Crippen molar-refractivity contribution in [3.05, 3.63) is 350 Å². The molecule has 132 heavy (non-hydrogen) atoms. The first-order valence-corrected chi connectivity index (χ1v) is 47.0. The number of hydrogen-bond donors (Lipinski definition) is 0. The number of rotatable bonds is 28. The van der Waals surface area contributed by atoms with Crippen molar-refractivity contribution in [2.45, 2.75) is 159 Å². The Kier molecular flexibility index (Phi) is 55.7. The number of halogens is 6. The largest absolute Gasteiger partial charge is 0.380 e. The summed E-state index contributed by atoms with van der Waals surface area (Å²) in [6.45, 7) is 31.9. The lowest BCUT2D eigenvalue weighted by Crippen LogP contribution is -2.02. The van der Waals surface area contributed by atoms with Gasteiger partial charge in [-0.15, -0.1) is 55.4 Å². The highest BCUT2D eigenvalue weighted by atomic mass is 31.0. The molecule has 0 heterocycles. The molecule has 0 fully saturated rings. The Balaban J connectivity index is 0.000000402. The fraction of sp³-hybridized carbons (Fsp3) is 0.296. The van der Waals surface area contributed by atoms with Crippen molar-refractivity contribution in [3.8, 4) is 66.8 Å². The van der Waals surface area contributed by atoms with Crippen molar-refractivity contribution >= 4 is 82.6 Å². The molecule has 0 saturated carbocycles. The zero-order chi connectivity index (χ0) is 99.0. The molecule has 6 atom stereocenters. The minimum Gasteiger partial charge on any atom is -0.380 e. The van der Waals surface area contributed by atoms with E-state index in [0.29, 0.717) is 86.8 Å². The van der Waals surface area contributed by atoms with E-state index in [1.54, 1.807) is 106 Å². The van der Waals surface area contributed by atoms with E-state index in [9.17, 15) is 26.3 Å². The second-order valence-corrected chi connectivity index (χ2v) is 33.3. The van der Waals surface area contributed by atoms with Crippen LogP contribution in [0.2, 0.25) is 0 Å². The van der Waals surface area contributed by atoms with Gasteiger partial charge < -0.3 is 57.1 Å². The summed E-state index contributed by atoms with van der Waals surface area (Å²) in [7, 11) is 29.3. The van der Waals surface area contributed by atoms with Gasteiger partial charge in [-0.3, -0.25) is 0 Å². The fourth-order valence-corrected chi connectivity index (χ4v) is 17.3. The summed E-state index contributed by atoms with van der Waals surface area (Å²) in [6.07, 6.45) is 4.71. The standard InChI is InChI=1S/3C18H22FO2P.2C17H20FOP.C16H18FP.4CH2O/c1-12-6-14(9-20-2)18(15(7-12)10-21-3)16-5-4-13(11-22)8-17(16)19;1-12-4-5-13(8-18(12)19)14-6-15(9-20-2)17(11-22)16(7-14)10-21-3;1-12-4-5-16(18(19)6-12)13-7-14(9-20-2)17(11-22)15(8-13)10-21-3;1-11-6-12(2)16(7-15(11)9-19-3)13-4-5-14(10-20)17(18)8-13;1-11-6-12(2)16(8-14(11)9-19-3)15-5-4-13(10-20)7-17(15)18;1-10-4-5-14(15(17)6-10)16-11(2)7-13(9-18)8-12(16)3;4*1-2/h3*4-8H,9-11,22H2,1-3H3;2*4-8H,9-10,20H2,1-3H3;4-8H,9,18H2,1-3H3;4*1H2. The molecule has 12 nitrogen and oxygen atoms in total. The van der Waals surface area contributed by atoms with Gasteiger partial charge in [0.05, 0.1) is 52.9 Å². The topological polar surface area (TPSA) is 142 Å². The van der Waals surface area contributed by atoms with Crippen molar-refractivity contribution in [1.82, 2.24) is 0 Å². The number of methoxy groups -OCH3 is 8. The summed E-state index contributed by atoms with van der Waals surface area (Å²) < 4.78 is 127. The number of hydrogen-bond acceptors (Lipinski definition) is 12. The van der Waals surface area contributed by atoms with Gasteiger partial charge in [0.1, 0.15) is 62.1 Å². The average Bonchev–Trinajstić information content (AvgIpc) is 0.661. The highest BCUT2D eigenvalue weighted by molar-refractivity contribution is 7.16. The molecule has 0 spiro atoms. The highest BCUT2D eigenvalue weighted by Crippen LogP contribution is 2.39. The lowest BCUT2D eigenvalue weighted by atomic mass is 9.92. The van der Waals surface area contributed by atoms with Gasteiger partial charge in [-0.25, -0.2) is 26.3 Å². The SMILES string of the molecule is C=O.C=O.C=O.C=O.COCc1cc(-c2ccc(C)c(F)c2)cc(COC)c1CP.COCc1cc(-c2ccc(C)cc2F)cc(COC)c1CP.COCc1cc(-c2ccc(CP)c(F)c2)c(C)cc1C.COCc1cc(-c2ccc(CP)cc2F)c(C)cc1C.COCc1cc(C)cc(COC)c1-c1ccc(CP)cc1F.Cc1ccc(-c2c(C)cc(CP)cc2C)c(F)c1. The summed E-state index contributed by atoms with van der Waals surface area (Å²) >= 11 is 0. The van der Waals surface area contributed by atoms with E-state index in [1.807, 2.05) is 166 Å². The number of aryl methyl sites for hydroxylation is 10. The molecule has 0 radical (unpaired) electrons. The van der Waals surface area contributed by atoms with Crippen molar-refractivity contribution in [2.24, 2.45) is 0 Å². The lowest BCUT2D eigenvalue weighted by molar-refractivity contribution is -0.0987. The molecule has 0 saturated heterocycles. The van der Waals surface area contributed by atoms with Crippen molar-refractivity contribution in [3.63, 3.8) is 0 Å². The molecule has 0 aliphatic carbocycles. The third kappa shape index (κ3) is 34.5. The first-order chi connectivity index (χ1) is 63.4. The lowest BCUT2D eigenvalue weighted by Gasteiger charge is -2.17. The molecule has 0 aromatic heterocycles. The van der Waals surface area contributed by atoms with Gasteiger partial charge in [-0.05, 0) is 351 Å². The van der Waals surface area contributed by atoms with Crippen LogP contribution >= 0.6 is 55.4 Å². The molecule has 708 valence electrons. The van der Waals surface area contributed by atoms with Crippen molar-refractivity contribution in [2.75, 3.05) is 56.9 Å². The molecule has 0 amide bonds. The van der Waals surface area contributed by atoms with Crippen LogP contribution in [0.1, 0.15) is 134 Å². The summed E-state index contributed by atoms with van der Waals surface area (Å²) in [5.41, 5.74) is 35.5. The summed E-state index contributed by atoms with van der Waals surface area (Å²) in [6, 6.07) is 57.2. The molecule has 0 aliphatic heterocycles. The van der Waals surface area contributed by atoms with E-state index in [-0.39, 0.29) is 34.9 Å². The predicted molar refractivity (Wildman–Crippen MR) is 553 cm³/mol. The second-order valence-electron chi connectivity index (χ2n) is 30.9. The van der Waals surface area contributed by atoms with Crippen molar-refractivity contribution in [1.29, 1.82) is 0 Å². The Morgan fingerprint density at radius 1 is 0.212 bits per heavy atom. The van der Waals surface area contributed by atoms with Crippen LogP contribution in [0.5, 0.6) is 0 Å². The van der Waals surface area contributed by atoms with Crippen LogP contribution in [0.15, 0.2) is 182 Å². The monoisotopic (exact) mass is 1920 g/mol. The van der Waals surface area contributed by atoms with Crippen LogP contribution in [0, 0.1) is 104 Å². The summed E-state index contributed by atoms with van der Waals surface area (Å²) in [5.74, 6) is -1.05. The zero-order valence-corrected chi connectivity index (χ0v) is 86.6. The molecule has 24 heteroatoms. The fourth-order valence-electron chi connectivity index (χ4n) is 15.1. The molecular weight excluding hydrogens is 1790 g/mol. The van der Waals surface area contributed by atoms with E-state index in [1.165, 1.54) is 27.8 Å². The van der Waals surface area contributed by atoms with Gasteiger partial charge in [0, 0.05) is 79.1 Å². The normalized spacial score (nSPS) is 10.3. The van der Waals surface area contributed by atoms with E-state index in [4.69, 9.17) is 57.1 Å². The predicted octanol–water partition coefficient (Wildman–Crippen LogP) is 26.7. The van der Waals surface area contributed by atoms with Crippen LogP contribution < -0.4 is 0 Å². The number of carbonyl (C=O) groups excluding carboxylic acids is 4. The molecule has 6 unspecified atom stereocenters. The molecular formula is C108H132F6O12P6. The Bertz CT molecular complexity index is 5530. The van der Waals surface area contributed by atoms with Gasteiger partial charge in [0.15, 0.2) is 0 Å². The van der Waals surface area contributed by atoms with Crippen LogP contribution in [0.3, 0.4) is 0 Å². The van der Waals surface area contributed by atoms with E-state index in [0.717, 1.165) is 175 Å². The Hall–Kier alpha value is -8.84. The summed E-state index contributed by atoms with van der Waals surface area (Å²) in [5, 5.41) is 0. The van der Waals surface area contributed by atoms with Gasteiger partial charge >= 0.3 is 0 Å². The van der Waals surface area contributed by atoms with E-state index in [2.05, 4.69) is 119 Å². The molecule has 12 aromatic carbocycles. The third-order valence-corrected chi connectivity index (χ3v) is 24.0. The first-order valence-electron chi connectivity index (χ1n) is 42.1. The molecule has 0 aliphatic rings. The number of carbonyl (C=O) groups is 4. The Labute approximate surface area is 794 Å². The van der Waals surface area contributed by atoms with Gasteiger partial charge in [-0.2, -0.15) is 0 Å². The average molecular weight is 1920 g/mol. The molecule has 12 aromatic rings. The highest BCUT2D eigenvalue weighted by Gasteiger charge is 2.21. The van der Waals surface area contributed by atoms with Crippen LogP contribution in [-0.2, 0) is 147 Å². The molecule has 12 rings (SSSR count). The zero-order valence-electron chi connectivity index (χ0n) is 79.7. The van der Waals surface area contributed by atoms with Gasteiger partial charge in [0.2, 0.25) is 0 Å². The molecule has 0 bridgehead atoms. The van der Waals surface area contributed by atoms with Crippen LogP contribution in [0.25, 0.3) is 66.8 Å². The van der Waals surface area contributed by atoms with Crippen LogP contribution in [-0.4, -0.2) is 84.0 Å². The Morgan fingerprint density at radius 3 is 0.939 bits per heavy atom. The van der Waals surface area contributed by atoms with Crippen LogP contribution in [0.4, 0.5) is 26.3 Å². The number of ether oxygens (including phenoxy) is 8. The van der Waals surface area contributed by atoms with Crippen molar-refractivity contribution < 1.29 is 83.4 Å². The second kappa shape index (κ2) is 62.7. The maximum atomic E-state index is 14.6. The minimum absolute atomic E-state index is 0.139.